The number of nitrogens with zero attached hydrogens (tertiary/aromatic N) is 2. The summed E-state index contributed by atoms with van der Waals surface area (Å²) in [6.07, 6.45) is 2.15. The molecule has 5 nitrogen and oxygen atoms in total. The highest BCUT2D eigenvalue weighted by atomic mass is 32.2. The quantitative estimate of drug-likeness (QED) is 0.857. The van der Waals surface area contributed by atoms with Crippen LogP contribution >= 0.6 is 11.3 Å². The summed E-state index contributed by atoms with van der Waals surface area (Å²) in [4.78, 5) is 3.64. The van der Waals surface area contributed by atoms with Crippen LogP contribution in [0.1, 0.15) is 17.7 Å². The predicted molar refractivity (Wildman–Crippen MR) is 87.1 cm³/mol. The molecule has 1 N–H and O–H groups in total. The highest BCUT2D eigenvalue weighted by Crippen LogP contribution is 2.26. The predicted octanol–water partition coefficient (Wildman–Crippen LogP) is 1.43. The van der Waals surface area contributed by atoms with Gasteiger partial charge in [0.2, 0.25) is 10.0 Å². The first-order valence-electron chi connectivity index (χ1n) is 7.31. The van der Waals surface area contributed by atoms with Crippen molar-refractivity contribution in [1.82, 2.24) is 14.5 Å². The molecule has 2 heterocycles. The van der Waals surface area contributed by atoms with Crippen molar-refractivity contribution in [3.05, 3.63) is 16.3 Å². The Balaban J connectivity index is 2.06. The number of hydrogen-bond donors (Lipinski definition) is 1. The largest absolute Gasteiger partial charge is 0.315 e. The molecule has 21 heavy (non-hydrogen) atoms. The average Bonchev–Trinajstić information content (AvgIpc) is 2.90. The van der Waals surface area contributed by atoms with E-state index in [1.807, 2.05) is 12.4 Å². The number of likely N-dealkylation sites (tertiary alicyclic amines) is 1. The zero-order valence-corrected chi connectivity index (χ0v) is 14.6. The average molecular weight is 332 g/mol. The monoisotopic (exact) mass is 331 g/mol. The topological polar surface area (TPSA) is 52.7 Å². The molecule has 2 rings (SSSR count). The molecular weight excluding hydrogens is 306 g/mol. The van der Waals surface area contributed by atoms with E-state index in [0.29, 0.717) is 23.9 Å². The van der Waals surface area contributed by atoms with Gasteiger partial charge in [-0.15, -0.1) is 11.3 Å². The highest BCUT2D eigenvalue weighted by molar-refractivity contribution is 7.89. The Hall–Kier alpha value is -0.470. The van der Waals surface area contributed by atoms with Crippen LogP contribution in [0.3, 0.4) is 0 Å². The molecule has 1 fully saturated rings. The fraction of sp³-hybridized carbons (Fsp3) is 0.714. The lowest BCUT2D eigenvalue weighted by Crippen LogP contribution is -2.38. The Kier molecular flexibility index (Phi) is 5.79. The molecule has 1 aromatic heterocycles. The summed E-state index contributed by atoms with van der Waals surface area (Å²) in [5.41, 5.74) is 0. The Morgan fingerprint density at radius 1 is 1.43 bits per heavy atom. The van der Waals surface area contributed by atoms with E-state index in [2.05, 4.69) is 17.3 Å². The lowest BCUT2D eigenvalue weighted by Gasteiger charge is -2.31. The van der Waals surface area contributed by atoms with Crippen molar-refractivity contribution in [2.24, 2.45) is 5.92 Å². The van der Waals surface area contributed by atoms with Gasteiger partial charge in [-0.25, -0.2) is 12.7 Å². The third-order valence-corrected chi connectivity index (χ3v) is 7.04. The van der Waals surface area contributed by atoms with Crippen LogP contribution in [-0.2, 0) is 16.6 Å². The maximum Gasteiger partial charge on any atom is 0.243 e. The molecule has 1 saturated heterocycles. The second-order valence-corrected chi connectivity index (χ2v) is 8.78. The fourth-order valence-corrected chi connectivity index (χ4v) is 5.39. The van der Waals surface area contributed by atoms with Crippen LogP contribution < -0.4 is 5.32 Å². The normalized spacial score (nSPS) is 18.5. The number of thiophene rings is 1. The van der Waals surface area contributed by atoms with Gasteiger partial charge in [-0.1, -0.05) is 0 Å². The van der Waals surface area contributed by atoms with E-state index in [-0.39, 0.29) is 0 Å². The van der Waals surface area contributed by atoms with E-state index in [9.17, 15) is 8.42 Å². The molecule has 1 aliphatic rings. The van der Waals surface area contributed by atoms with Crippen LogP contribution in [0.5, 0.6) is 0 Å². The fourth-order valence-electron chi connectivity index (χ4n) is 2.72. The summed E-state index contributed by atoms with van der Waals surface area (Å²) in [5, 5.41) is 4.88. The molecule has 0 amide bonds. The van der Waals surface area contributed by atoms with Crippen LogP contribution in [0.4, 0.5) is 0 Å². The van der Waals surface area contributed by atoms with Crippen molar-refractivity contribution in [3.8, 4) is 0 Å². The molecular formula is C14H25N3O2S2. The molecule has 0 bridgehead atoms. The third kappa shape index (κ3) is 4.04. The minimum atomic E-state index is -3.37. The number of piperidine rings is 1. The Labute approximate surface area is 132 Å². The van der Waals surface area contributed by atoms with Crippen LogP contribution in [0.2, 0.25) is 0 Å². The van der Waals surface area contributed by atoms with Gasteiger partial charge in [0.1, 0.15) is 0 Å². The second-order valence-electron chi connectivity index (χ2n) is 5.77. The smallest absolute Gasteiger partial charge is 0.243 e. The summed E-state index contributed by atoms with van der Waals surface area (Å²) in [7, 11) is 2.28. The van der Waals surface area contributed by atoms with Gasteiger partial charge in [0.05, 0.1) is 4.90 Å². The molecule has 120 valence electrons. The molecule has 0 saturated carbocycles. The van der Waals surface area contributed by atoms with E-state index < -0.39 is 10.0 Å². The number of rotatable bonds is 6. The second kappa shape index (κ2) is 7.19. The van der Waals surface area contributed by atoms with Crippen molar-refractivity contribution >= 4 is 21.4 Å². The van der Waals surface area contributed by atoms with Crippen molar-refractivity contribution in [1.29, 1.82) is 0 Å². The minimum Gasteiger partial charge on any atom is -0.315 e. The summed E-state index contributed by atoms with van der Waals surface area (Å²) in [6.45, 7) is 3.32. The Morgan fingerprint density at radius 3 is 2.71 bits per heavy atom. The van der Waals surface area contributed by atoms with Gasteiger partial charge in [0.15, 0.2) is 0 Å². The van der Waals surface area contributed by atoms with Gasteiger partial charge >= 0.3 is 0 Å². The van der Waals surface area contributed by atoms with E-state index in [1.54, 1.807) is 13.1 Å². The molecule has 7 heteroatoms. The van der Waals surface area contributed by atoms with Gasteiger partial charge in [-0.3, -0.25) is 0 Å². The minimum absolute atomic E-state index is 0.456. The lowest BCUT2D eigenvalue weighted by molar-refractivity contribution is 0.202. The zero-order valence-electron chi connectivity index (χ0n) is 13.0. The van der Waals surface area contributed by atoms with E-state index in [1.165, 1.54) is 15.6 Å². The highest BCUT2D eigenvalue weighted by Gasteiger charge is 2.27. The van der Waals surface area contributed by atoms with Crippen LogP contribution in [-0.4, -0.2) is 58.4 Å². The van der Waals surface area contributed by atoms with Crippen molar-refractivity contribution in [2.45, 2.75) is 24.3 Å². The zero-order chi connectivity index (χ0) is 15.5. The number of sulfonamides is 1. The Bertz CT molecular complexity index is 548. The van der Waals surface area contributed by atoms with Gasteiger partial charge in [0, 0.05) is 25.0 Å². The molecule has 0 aliphatic carbocycles. The third-order valence-electron chi connectivity index (χ3n) is 4.08. The number of nitrogens with one attached hydrogen (secondary N) is 1. The number of hydrogen-bond acceptors (Lipinski definition) is 5. The lowest BCUT2D eigenvalue weighted by atomic mass is 9.97. The maximum absolute atomic E-state index is 12.7. The van der Waals surface area contributed by atoms with Crippen molar-refractivity contribution in [2.75, 3.05) is 40.8 Å². The van der Waals surface area contributed by atoms with Crippen molar-refractivity contribution < 1.29 is 8.42 Å². The standard InChI is InChI=1S/C14H25N3O2S2/c1-15-10-13-14(6-9-20-13)21(18,19)17(3)11-12-4-7-16(2)8-5-12/h6,9,12,15H,4-5,7-8,10-11H2,1-3H3. The van der Waals surface area contributed by atoms with Gasteiger partial charge in [-0.05, 0) is 57.4 Å². The SMILES string of the molecule is CNCc1sccc1S(=O)(=O)N(C)CC1CCN(C)CC1. The first-order valence-corrected chi connectivity index (χ1v) is 9.63. The first-order chi connectivity index (χ1) is 9.95. The molecule has 0 atom stereocenters. The van der Waals surface area contributed by atoms with E-state index in [0.717, 1.165) is 30.8 Å². The summed E-state index contributed by atoms with van der Waals surface area (Å²) >= 11 is 1.49. The van der Waals surface area contributed by atoms with Crippen LogP contribution in [0.15, 0.2) is 16.3 Å². The first kappa shape index (κ1) is 16.9. The molecule has 0 spiro atoms. The summed E-state index contributed by atoms with van der Waals surface area (Å²) in [5.74, 6) is 0.465. The van der Waals surface area contributed by atoms with Gasteiger partial charge in [0.25, 0.3) is 0 Å². The molecule has 0 unspecified atom stereocenters. The molecule has 0 aromatic carbocycles. The van der Waals surface area contributed by atoms with Gasteiger partial charge < -0.3 is 10.2 Å². The van der Waals surface area contributed by atoms with Crippen molar-refractivity contribution in [3.63, 3.8) is 0 Å². The molecule has 1 aromatic rings. The maximum atomic E-state index is 12.7. The summed E-state index contributed by atoms with van der Waals surface area (Å²) in [6, 6.07) is 1.72. The summed E-state index contributed by atoms with van der Waals surface area (Å²) < 4.78 is 27.0. The van der Waals surface area contributed by atoms with Crippen LogP contribution in [0.25, 0.3) is 0 Å². The Morgan fingerprint density at radius 2 is 2.10 bits per heavy atom. The molecule has 1 aliphatic heterocycles. The van der Waals surface area contributed by atoms with Crippen LogP contribution in [0, 0.1) is 5.92 Å². The molecule has 0 radical (unpaired) electrons. The van der Waals surface area contributed by atoms with E-state index in [4.69, 9.17) is 0 Å². The van der Waals surface area contributed by atoms with E-state index >= 15 is 0 Å². The van der Waals surface area contributed by atoms with Gasteiger partial charge in [-0.2, -0.15) is 0 Å².